The number of nitrogens with zero attached hydrogens (tertiary/aromatic N) is 1. The van der Waals surface area contributed by atoms with Crippen molar-refractivity contribution in [2.45, 2.75) is 33.2 Å². The van der Waals surface area contributed by atoms with Crippen LogP contribution in [-0.4, -0.2) is 31.1 Å². The Morgan fingerprint density at radius 2 is 1.95 bits per heavy atom. The molecule has 1 aromatic rings. The van der Waals surface area contributed by atoms with Gasteiger partial charge in [-0.3, -0.25) is 0 Å². The average molecular weight is 287 g/mol. The van der Waals surface area contributed by atoms with Crippen LogP contribution in [0.3, 0.4) is 0 Å². The van der Waals surface area contributed by atoms with Gasteiger partial charge in [0.05, 0.1) is 0 Å². The van der Waals surface area contributed by atoms with Gasteiger partial charge in [-0.1, -0.05) is 38.4 Å². The molecule has 0 saturated heterocycles. The van der Waals surface area contributed by atoms with Crippen LogP contribution >= 0.6 is 11.6 Å². The lowest BCUT2D eigenvalue weighted by molar-refractivity contribution is 0.281. The monoisotopic (exact) mass is 286 g/mol. The molecular weight excluding hydrogens is 263 g/mol. The van der Waals surface area contributed by atoms with Crippen LogP contribution in [0.5, 0.6) is 0 Å². The zero-order chi connectivity index (χ0) is 14.3. The van der Waals surface area contributed by atoms with E-state index >= 15 is 0 Å². The Labute approximate surface area is 120 Å². The van der Waals surface area contributed by atoms with Gasteiger partial charge < -0.3 is 10.2 Å². The molecule has 2 nitrogen and oxygen atoms in total. The summed E-state index contributed by atoms with van der Waals surface area (Å²) in [6, 6.07) is 4.97. The van der Waals surface area contributed by atoms with Gasteiger partial charge >= 0.3 is 0 Å². The van der Waals surface area contributed by atoms with Crippen molar-refractivity contribution in [2.24, 2.45) is 0 Å². The molecular formula is C15H24ClFN2. The molecule has 0 aliphatic rings. The van der Waals surface area contributed by atoms with Crippen molar-refractivity contribution in [1.82, 2.24) is 10.2 Å². The van der Waals surface area contributed by atoms with Crippen molar-refractivity contribution in [3.8, 4) is 0 Å². The zero-order valence-electron chi connectivity index (χ0n) is 12.0. The van der Waals surface area contributed by atoms with E-state index in [0.717, 1.165) is 32.6 Å². The molecule has 0 aliphatic heterocycles. The highest BCUT2D eigenvalue weighted by molar-refractivity contribution is 6.30. The maximum absolute atomic E-state index is 14.0. The Morgan fingerprint density at radius 3 is 2.47 bits per heavy atom. The zero-order valence-corrected chi connectivity index (χ0v) is 12.8. The second-order valence-corrected chi connectivity index (χ2v) is 5.03. The van der Waals surface area contributed by atoms with E-state index in [1.165, 1.54) is 6.07 Å². The fraction of sp³-hybridized carbons (Fsp3) is 0.600. The minimum Gasteiger partial charge on any atom is -0.310 e. The van der Waals surface area contributed by atoms with Crippen LogP contribution in [0.2, 0.25) is 5.02 Å². The Balaban J connectivity index is 2.76. The SMILES string of the molecule is CCNC(CCN(CC)CC)c1ccc(Cl)cc1F. The predicted octanol–water partition coefficient (Wildman–Crippen LogP) is 3.86. The van der Waals surface area contributed by atoms with Gasteiger partial charge in [0.1, 0.15) is 5.82 Å². The van der Waals surface area contributed by atoms with Gasteiger partial charge in [-0.05, 0) is 44.7 Å². The Morgan fingerprint density at radius 1 is 1.26 bits per heavy atom. The molecule has 1 N–H and O–H groups in total. The molecule has 0 spiro atoms. The van der Waals surface area contributed by atoms with E-state index in [0.29, 0.717) is 10.6 Å². The van der Waals surface area contributed by atoms with E-state index in [1.807, 2.05) is 6.92 Å². The van der Waals surface area contributed by atoms with Gasteiger partial charge in [0, 0.05) is 16.6 Å². The third-order valence-corrected chi connectivity index (χ3v) is 3.65. The third-order valence-electron chi connectivity index (χ3n) is 3.42. The summed E-state index contributed by atoms with van der Waals surface area (Å²) >= 11 is 5.80. The van der Waals surface area contributed by atoms with Crippen molar-refractivity contribution in [2.75, 3.05) is 26.2 Å². The van der Waals surface area contributed by atoms with Crippen LogP contribution in [0.4, 0.5) is 4.39 Å². The normalized spacial score (nSPS) is 12.9. The fourth-order valence-corrected chi connectivity index (χ4v) is 2.41. The first-order chi connectivity index (χ1) is 9.12. The largest absolute Gasteiger partial charge is 0.310 e. The molecule has 1 atom stereocenters. The minimum absolute atomic E-state index is 0.0443. The maximum Gasteiger partial charge on any atom is 0.129 e. The second-order valence-electron chi connectivity index (χ2n) is 4.59. The van der Waals surface area contributed by atoms with Gasteiger partial charge in [0.2, 0.25) is 0 Å². The van der Waals surface area contributed by atoms with Crippen LogP contribution < -0.4 is 5.32 Å². The number of nitrogens with one attached hydrogen (secondary N) is 1. The lowest BCUT2D eigenvalue weighted by atomic mass is 10.0. The number of hydrogen-bond acceptors (Lipinski definition) is 2. The molecule has 0 radical (unpaired) electrons. The highest BCUT2D eigenvalue weighted by Gasteiger charge is 2.15. The summed E-state index contributed by atoms with van der Waals surface area (Å²) in [5.41, 5.74) is 0.707. The van der Waals surface area contributed by atoms with Crippen LogP contribution in [0.1, 0.15) is 38.8 Å². The summed E-state index contributed by atoms with van der Waals surface area (Å²) in [4.78, 5) is 2.35. The summed E-state index contributed by atoms with van der Waals surface area (Å²) in [5, 5.41) is 3.80. The van der Waals surface area contributed by atoms with Crippen LogP contribution in [0.15, 0.2) is 18.2 Å². The average Bonchev–Trinajstić information content (AvgIpc) is 2.39. The van der Waals surface area contributed by atoms with Crippen molar-refractivity contribution < 1.29 is 4.39 Å². The molecule has 0 saturated carbocycles. The van der Waals surface area contributed by atoms with Crippen molar-refractivity contribution >= 4 is 11.6 Å². The lowest BCUT2D eigenvalue weighted by Gasteiger charge is -2.24. The second kappa shape index (κ2) is 8.51. The Bertz CT molecular complexity index is 380. The molecule has 0 heterocycles. The van der Waals surface area contributed by atoms with E-state index < -0.39 is 0 Å². The first kappa shape index (κ1) is 16.4. The molecule has 1 unspecified atom stereocenters. The maximum atomic E-state index is 14.0. The van der Waals surface area contributed by atoms with Gasteiger partial charge in [-0.2, -0.15) is 0 Å². The summed E-state index contributed by atoms with van der Waals surface area (Å²) in [6.07, 6.45) is 0.897. The number of halogens is 2. The molecule has 1 rings (SSSR count). The fourth-order valence-electron chi connectivity index (χ4n) is 2.25. The first-order valence-corrected chi connectivity index (χ1v) is 7.40. The van der Waals surface area contributed by atoms with Gasteiger partial charge in [0.15, 0.2) is 0 Å². The van der Waals surface area contributed by atoms with Crippen LogP contribution in [0, 0.1) is 5.82 Å². The number of hydrogen-bond donors (Lipinski definition) is 1. The molecule has 0 aliphatic carbocycles. The van der Waals surface area contributed by atoms with Crippen molar-refractivity contribution in [3.05, 3.63) is 34.6 Å². The smallest absolute Gasteiger partial charge is 0.129 e. The minimum atomic E-state index is -0.224. The molecule has 0 bridgehead atoms. The highest BCUT2D eigenvalue weighted by atomic mass is 35.5. The van der Waals surface area contributed by atoms with E-state index in [4.69, 9.17) is 11.6 Å². The summed E-state index contributed by atoms with van der Waals surface area (Å²) in [7, 11) is 0. The number of benzene rings is 1. The topological polar surface area (TPSA) is 15.3 Å². The van der Waals surface area contributed by atoms with Crippen molar-refractivity contribution in [3.63, 3.8) is 0 Å². The Hall–Kier alpha value is -0.640. The molecule has 1 aromatic carbocycles. The van der Waals surface area contributed by atoms with Gasteiger partial charge in [-0.25, -0.2) is 4.39 Å². The molecule has 0 amide bonds. The van der Waals surface area contributed by atoms with Crippen molar-refractivity contribution in [1.29, 1.82) is 0 Å². The van der Waals surface area contributed by atoms with Gasteiger partial charge in [-0.15, -0.1) is 0 Å². The van der Waals surface area contributed by atoms with E-state index in [2.05, 4.69) is 24.1 Å². The summed E-state index contributed by atoms with van der Waals surface area (Å²) in [5.74, 6) is -0.224. The van der Waals surface area contributed by atoms with Gasteiger partial charge in [0.25, 0.3) is 0 Å². The van der Waals surface area contributed by atoms with Crippen LogP contribution in [-0.2, 0) is 0 Å². The molecule has 0 aromatic heterocycles. The van der Waals surface area contributed by atoms with E-state index in [9.17, 15) is 4.39 Å². The predicted molar refractivity (Wildman–Crippen MR) is 80.2 cm³/mol. The standard InChI is InChI=1S/C15H24ClFN2/c1-4-18-15(9-10-19(5-2)6-3)13-8-7-12(16)11-14(13)17/h7-8,11,15,18H,4-6,9-10H2,1-3H3. The van der Waals surface area contributed by atoms with Crippen LogP contribution in [0.25, 0.3) is 0 Å². The molecule has 19 heavy (non-hydrogen) atoms. The molecule has 108 valence electrons. The number of rotatable bonds is 8. The Kier molecular flexibility index (Phi) is 7.36. The summed E-state index contributed by atoms with van der Waals surface area (Å²) in [6.45, 7) is 10.2. The molecule has 4 heteroatoms. The first-order valence-electron chi connectivity index (χ1n) is 7.03. The highest BCUT2D eigenvalue weighted by Crippen LogP contribution is 2.23. The summed E-state index contributed by atoms with van der Waals surface area (Å²) < 4.78 is 14.0. The van der Waals surface area contributed by atoms with E-state index in [-0.39, 0.29) is 11.9 Å². The quantitative estimate of drug-likeness (QED) is 0.781. The lowest BCUT2D eigenvalue weighted by Crippen LogP contribution is -2.29. The molecule has 0 fully saturated rings. The third kappa shape index (κ3) is 5.09. The van der Waals surface area contributed by atoms with E-state index in [1.54, 1.807) is 12.1 Å².